The molecule has 0 bridgehead atoms. The van der Waals surface area contributed by atoms with E-state index in [1.165, 1.54) is 0 Å². The van der Waals surface area contributed by atoms with Crippen LogP contribution in [0.4, 0.5) is 5.82 Å². The Morgan fingerprint density at radius 1 is 1.18 bits per heavy atom. The fraction of sp³-hybridized carbons (Fsp3) is 0.538. The Hall–Kier alpha value is -2.96. The summed E-state index contributed by atoms with van der Waals surface area (Å²) in [5, 5.41) is 0. The fourth-order valence-corrected chi connectivity index (χ4v) is 5.32. The number of carbonyl (C=O) groups is 2. The number of rotatable bonds is 4. The Morgan fingerprint density at radius 3 is 2.73 bits per heavy atom. The van der Waals surface area contributed by atoms with Crippen molar-refractivity contribution >= 4 is 17.6 Å². The zero-order chi connectivity index (χ0) is 23.1. The highest BCUT2D eigenvalue weighted by molar-refractivity contribution is 5.95. The van der Waals surface area contributed by atoms with Crippen LogP contribution < -0.4 is 9.64 Å². The monoisotopic (exact) mass is 448 g/mol. The normalized spacial score (nSPS) is 20.5. The molecular weight excluding hydrogens is 416 g/mol. The van der Waals surface area contributed by atoms with E-state index in [-0.39, 0.29) is 23.8 Å². The Morgan fingerprint density at radius 2 is 1.97 bits per heavy atom. The number of piperidine rings is 1. The lowest BCUT2D eigenvalue weighted by molar-refractivity contribution is -0.119. The molecule has 0 N–H and O–H groups in total. The number of anilines is 1. The molecule has 7 nitrogen and oxygen atoms in total. The molecule has 5 rings (SSSR count). The van der Waals surface area contributed by atoms with E-state index in [1.54, 1.807) is 0 Å². The van der Waals surface area contributed by atoms with Gasteiger partial charge in [-0.15, -0.1) is 0 Å². The van der Waals surface area contributed by atoms with E-state index in [4.69, 9.17) is 14.7 Å². The van der Waals surface area contributed by atoms with Crippen molar-refractivity contribution in [3.8, 4) is 5.75 Å². The fourth-order valence-electron chi connectivity index (χ4n) is 5.32. The van der Waals surface area contributed by atoms with E-state index in [0.717, 1.165) is 71.9 Å². The molecule has 1 aromatic heterocycles. The van der Waals surface area contributed by atoms with Gasteiger partial charge in [0.2, 0.25) is 5.91 Å². The molecule has 1 aromatic carbocycles. The van der Waals surface area contributed by atoms with Gasteiger partial charge in [0.25, 0.3) is 5.91 Å². The number of hydrogen-bond acceptors (Lipinski definition) is 5. The highest BCUT2D eigenvalue weighted by atomic mass is 16.5. The lowest BCUT2D eigenvalue weighted by atomic mass is 9.94. The molecule has 2 aromatic rings. The zero-order valence-electron chi connectivity index (χ0n) is 19.8. The van der Waals surface area contributed by atoms with E-state index in [0.29, 0.717) is 26.1 Å². The van der Waals surface area contributed by atoms with Crippen molar-refractivity contribution in [3.63, 3.8) is 0 Å². The number of nitrogens with zero attached hydrogens (tertiary/aromatic N) is 4. The third-order valence-electron chi connectivity index (χ3n) is 7.09. The first-order valence-corrected chi connectivity index (χ1v) is 12.2. The predicted octanol–water partition coefficient (Wildman–Crippen LogP) is 3.82. The molecule has 1 saturated heterocycles. The summed E-state index contributed by atoms with van der Waals surface area (Å²) in [6, 6.07) is 5.79. The molecule has 0 spiro atoms. The van der Waals surface area contributed by atoms with Crippen LogP contribution in [0.3, 0.4) is 0 Å². The summed E-state index contributed by atoms with van der Waals surface area (Å²) >= 11 is 0. The molecular formula is C26H32N4O3. The van der Waals surface area contributed by atoms with Crippen molar-refractivity contribution in [1.82, 2.24) is 14.9 Å². The number of amides is 2. The maximum atomic E-state index is 13.1. The summed E-state index contributed by atoms with van der Waals surface area (Å²) in [6.07, 6.45) is 4.84. The maximum Gasteiger partial charge on any atom is 0.253 e. The summed E-state index contributed by atoms with van der Waals surface area (Å²) < 4.78 is 5.77. The second-order valence-electron chi connectivity index (χ2n) is 9.54. The third kappa shape index (κ3) is 4.09. The van der Waals surface area contributed by atoms with Gasteiger partial charge >= 0.3 is 0 Å². The highest BCUT2D eigenvalue weighted by Gasteiger charge is 2.31. The van der Waals surface area contributed by atoms with Gasteiger partial charge in [-0.05, 0) is 63.3 Å². The quantitative estimate of drug-likeness (QED) is 0.711. The largest absolute Gasteiger partial charge is 0.490 e. The summed E-state index contributed by atoms with van der Waals surface area (Å²) in [5.41, 5.74) is 3.94. The van der Waals surface area contributed by atoms with Crippen molar-refractivity contribution in [2.45, 2.75) is 71.3 Å². The number of aryl methyl sites for hydroxylation is 1. The van der Waals surface area contributed by atoms with Crippen molar-refractivity contribution in [2.75, 3.05) is 24.5 Å². The molecule has 0 aliphatic carbocycles. The molecule has 1 unspecified atom stereocenters. The minimum absolute atomic E-state index is 0.0815. The number of likely N-dealkylation sites (tertiary alicyclic amines) is 1. The average Bonchev–Trinajstić information content (AvgIpc) is 3.19. The average molecular weight is 449 g/mol. The van der Waals surface area contributed by atoms with Gasteiger partial charge in [-0.2, -0.15) is 0 Å². The van der Waals surface area contributed by atoms with E-state index < -0.39 is 0 Å². The molecule has 1 atom stereocenters. The van der Waals surface area contributed by atoms with Gasteiger partial charge in [-0.1, -0.05) is 6.92 Å². The van der Waals surface area contributed by atoms with Gasteiger partial charge in [0.15, 0.2) is 0 Å². The zero-order valence-corrected chi connectivity index (χ0v) is 19.8. The first-order chi connectivity index (χ1) is 15.9. The van der Waals surface area contributed by atoms with Gasteiger partial charge in [0.1, 0.15) is 23.5 Å². The van der Waals surface area contributed by atoms with Gasteiger partial charge in [-0.25, -0.2) is 9.97 Å². The molecule has 4 heterocycles. The van der Waals surface area contributed by atoms with Crippen LogP contribution in [-0.2, 0) is 17.6 Å². The van der Waals surface area contributed by atoms with Gasteiger partial charge < -0.3 is 9.64 Å². The first kappa shape index (κ1) is 21.9. The van der Waals surface area contributed by atoms with E-state index in [9.17, 15) is 9.59 Å². The standard InChI is InChI=1S/C26H32N4O3/c1-4-11-30-23(31)8-6-21-17(3)27-24(28-25(21)30)18-9-12-29(13-10-18)26(32)19-5-7-22-20(15-19)14-16(2)33-22/h5,7,15-16,18H,4,6,8-14H2,1-3H3. The summed E-state index contributed by atoms with van der Waals surface area (Å²) in [4.78, 5) is 39.1. The minimum Gasteiger partial charge on any atom is -0.490 e. The summed E-state index contributed by atoms with van der Waals surface area (Å²) in [6.45, 7) is 8.22. The number of aromatic nitrogens is 2. The van der Waals surface area contributed by atoms with E-state index in [1.807, 2.05) is 41.8 Å². The molecule has 0 saturated carbocycles. The van der Waals surface area contributed by atoms with Gasteiger partial charge in [-0.3, -0.25) is 14.5 Å². The smallest absolute Gasteiger partial charge is 0.253 e. The molecule has 1 fully saturated rings. The number of fused-ring (bicyclic) bond motifs is 2. The lowest BCUT2D eigenvalue weighted by Gasteiger charge is -2.33. The topological polar surface area (TPSA) is 75.6 Å². The molecule has 2 amide bonds. The Labute approximate surface area is 195 Å². The summed E-state index contributed by atoms with van der Waals surface area (Å²) in [5.74, 6) is 2.96. The molecule has 3 aliphatic heterocycles. The van der Waals surface area contributed by atoms with Crippen molar-refractivity contribution in [1.29, 1.82) is 0 Å². The van der Waals surface area contributed by atoms with Gasteiger partial charge in [0, 0.05) is 55.2 Å². The number of benzene rings is 1. The van der Waals surface area contributed by atoms with E-state index >= 15 is 0 Å². The van der Waals surface area contributed by atoms with Crippen LogP contribution in [-0.4, -0.2) is 52.4 Å². The van der Waals surface area contributed by atoms with Crippen molar-refractivity contribution in [3.05, 3.63) is 46.4 Å². The van der Waals surface area contributed by atoms with Crippen LogP contribution in [0, 0.1) is 6.92 Å². The molecule has 33 heavy (non-hydrogen) atoms. The van der Waals surface area contributed by atoms with E-state index in [2.05, 4.69) is 6.92 Å². The Balaban J connectivity index is 1.30. The second kappa shape index (κ2) is 8.76. The van der Waals surface area contributed by atoms with Crippen LogP contribution in [0.25, 0.3) is 0 Å². The number of hydrogen-bond donors (Lipinski definition) is 0. The minimum atomic E-state index is 0.0815. The predicted molar refractivity (Wildman–Crippen MR) is 126 cm³/mol. The van der Waals surface area contributed by atoms with Crippen LogP contribution >= 0.6 is 0 Å². The molecule has 174 valence electrons. The number of carbonyl (C=O) groups excluding carboxylic acids is 2. The third-order valence-corrected chi connectivity index (χ3v) is 7.09. The number of ether oxygens (including phenoxy) is 1. The highest BCUT2D eigenvalue weighted by Crippen LogP contribution is 2.34. The van der Waals surface area contributed by atoms with Crippen LogP contribution in [0.1, 0.15) is 78.5 Å². The molecule has 0 radical (unpaired) electrons. The first-order valence-electron chi connectivity index (χ1n) is 12.2. The molecule has 7 heteroatoms. The van der Waals surface area contributed by atoms with Crippen LogP contribution in [0.15, 0.2) is 18.2 Å². The van der Waals surface area contributed by atoms with Crippen LogP contribution in [0.5, 0.6) is 5.75 Å². The van der Waals surface area contributed by atoms with Crippen molar-refractivity contribution < 1.29 is 14.3 Å². The summed E-state index contributed by atoms with van der Waals surface area (Å²) in [7, 11) is 0. The van der Waals surface area contributed by atoms with Crippen LogP contribution in [0.2, 0.25) is 0 Å². The van der Waals surface area contributed by atoms with Crippen molar-refractivity contribution in [2.24, 2.45) is 0 Å². The lowest BCUT2D eigenvalue weighted by Crippen LogP contribution is -2.39. The Bertz CT molecular complexity index is 1090. The second-order valence-corrected chi connectivity index (χ2v) is 9.54. The molecule has 3 aliphatic rings. The Kier molecular flexibility index (Phi) is 5.81. The van der Waals surface area contributed by atoms with Gasteiger partial charge in [0.05, 0.1) is 0 Å². The SMILES string of the molecule is CCCN1C(=O)CCc2c(C)nc(C3CCN(C(=O)c4ccc5c(c4)CC(C)O5)CC3)nc21. The maximum absolute atomic E-state index is 13.1.